The van der Waals surface area contributed by atoms with Gasteiger partial charge in [-0.2, -0.15) is 0 Å². The van der Waals surface area contributed by atoms with Crippen LogP contribution in [0.1, 0.15) is 35.2 Å². The van der Waals surface area contributed by atoms with E-state index in [4.69, 9.17) is 11.6 Å². The molecule has 0 saturated carbocycles. The Labute approximate surface area is 118 Å². The van der Waals surface area contributed by atoms with E-state index in [-0.39, 0.29) is 24.9 Å². The van der Waals surface area contributed by atoms with Crippen molar-refractivity contribution in [2.45, 2.75) is 19.9 Å². The molecule has 6 nitrogen and oxygen atoms in total. The molecule has 0 bridgehead atoms. The Kier molecular flexibility index (Phi) is 6.23. The highest BCUT2D eigenvalue weighted by Gasteiger charge is 2.22. The Bertz CT molecular complexity index is 500. The van der Waals surface area contributed by atoms with Crippen LogP contribution in [-0.2, 0) is 16.1 Å². The fourth-order valence-corrected chi connectivity index (χ4v) is 1.37. The van der Waals surface area contributed by atoms with Crippen molar-refractivity contribution < 1.29 is 23.1 Å². The smallest absolute Gasteiger partial charge is 0.341 e. The van der Waals surface area contributed by atoms with Crippen molar-refractivity contribution in [2.24, 2.45) is 0 Å². The molecular formula is C11H12ClF2N3O3. The largest absolute Gasteiger partial charge is 0.462 e. The van der Waals surface area contributed by atoms with Crippen LogP contribution in [-0.4, -0.2) is 34.3 Å². The lowest BCUT2D eigenvalue weighted by atomic mass is 10.2. The van der Waals surface area contributed by atoms with Crippen LogP contribution in [0.25, 0.3) is 0 Å². The van der Waals surface area contributed by atoms with Gasteiger partial charge in [-0.05, 0) is 6.92 Å². The molecule has 0 fully saturated rings. The number of nitrogens with zero attached hydrogens (tertiary/aromatic N) is 2. The molecule has 9 heteroatoms. The molecule has 0 saturated heterocycles. The van der Waals surface area contributed by atoms with Gasteiger partial charge in [-0.15, -0.1) is 11.6 Å². The number of carbonyl (C=O) groups is 2. The van der Waals surface area contributed by atoms with Gasteiger partial charge in [0, 0.05) is 6.20 Å². The van der Waals surface area contributed by atoms with Crippen LogP contribution in [0.5, 0.6) is 0 Å². The molecule has 20 heavy (non-hydrogen) atoms. The first kappa shape index (κ1) is 16.2. The minimum Gasteiger partial charge on any atom is -0.462 e. The highest BCUT2D eigenvalue weighted by molar-refractivity contribution is 6.27. The Hall–Kier alpha value is -1.83. The summed E-state index contributed by atoms with van der Waals surface area (Å²) in [4.78, 5) is 29.7. The summed E-state index contributed by atoms with van der Waals surface area (Å²) in [6.07, 6.45) is -2.01. The van der Waals surface area contributed by atoms with E-state index in [1.54, 1.807) is 6.92 Å². The molecule has 0 unspecified atom stereocenters. The van der Waals surface area contributed by atoms with E-state index in [9.17, 15) is 18.4 Å². The Morgan fingerprint density at radius 1 is 1.50 bits per heavy atom. The van der Waals surface area contributed by atoms with Gasteiger partial charge in [0.2, 0.25) is 5.91 Å². The zero-order chi connectivity index (χ0) is 15.1. The van der Waals surface area contributed by atoms with E-state index in [1.807, 2.05) is 0 Å². The van der Waals surface area contributed by atoms with Crippen molar-refractivity contribution in [2.75, 3.05) is 12.5 Å². The van der Waals surface area contributed by atoms with Gasteiger partial charge in [0.15, 0.2) is 0 Å². The third-order valence-electron chi connectivity index (χ3n) is 2.14. The number of hydrogen-bond acceptors (Lipinski definition) is 5. The van der Waals surface area contributed by atoms with Crippen molar-refractivity contribution in [3.05, 3.63) is 23.3 Å². The molecule has 0 aliphatic carbocycles. The zero-order valence-electron chi connectivity index (χ0n) is 10.5. The monoisotopic (exact) mass is 307 g/mol. The van der Waals surface area contributed by atoms with Crippen LogP contribution >= 0.6 is 11.6 Å². The van der Waals surface area contributed by atoms with E-state index in [0.717, 1.165) is 6.20 Å². The van der Waals surface area contributed by atoms with Crippen LogP contribution in [0.4, 0.5) is 8.78 Å². The van der Waals surface area contributed by atoms with E-state index < -0.39 is 29.6 Å². The zero-order valence-corrected chi connectivity index (χ0v) is 11.3. The average Bonchev–Trinajstić information content (AvgIpc) is 2.44. The third-order valence-corrected chi connectivity index (χ3v) is 2.38. The summed E-state index contributed by atoms with van der Waals surface area (Å²) < 4.78 is 30.4. The van der Waals surface area contributed by atoms with Crippen LogP contribution < -0.4 is 5.32 Å². The molecule has 1 rings (SSSR count). The molecule has 1 aromatic rings. The first-order chi connectivity index (χ1) is 9.49. The molecule has 110 valence electrons. The van der Waals surface area contributed by atoms with Gasteiger partial charge in [-0.3, -0.25) is 4.79 Å². The lowest BCUT2D eigenvalue weighted by Gasteiger charge is -2.09. The molecule has 1 N–H and O–H groups in total. The number of nitrogens with one attached hydrogen (secondary N) is 1. The number of carbonyl (C=O) groups excluding carboxylic acids is 2. The van der Waals surface area contributed by atoms with Gasteiger partial charge >= 0.3 is 5.97 Å². The number of aromatic nitrogens is 2. The highest BCUT2D eigenvalue weighted by atomic mass is 35.5. The number of alkyl halides is 3. The maximum absolute atomic E-state index is 12.9. The first-order valence-electron chi connectivity index (χ1n) is 5.63. The maximum Gasteiger partial charge on any atom is 0.341 e. The highest BCUT2D eigenvalue weighted by Crippen LogP contribution is 2.21. The van der Waals surface area contributed by atoms with E-state index in [2.05, 4.69) is 20.0 Å². The molecule has 0 aromatic carbocycles. The molecule has 0 atom stereocenters. The molecule has 0 aliphatic rings. The van der Waals surface area contributed by atoms with E-state index in [0.29, 0.717) is 0 Å². The van der Waals surface area contributed by atoms with Crippen molar-refractivity contribution in [1.29, 1.82) is 0 Å². The number of ether oxygens (including phenoxy) is 1. The number of esters is 1. The summed E-state index contributed by atoms with van der Waals surface area (Å²) in [6.45, 7) is 1.44. The van der Waals surface area contributed by atoms with Gasteiger partial charge in [-0.25, -0.2) is 23.5 Å². The van der Waals surface area contributed by atoms with E-state index in [1.165, 1.54) is 0 Å². The van der Waals surface area contributed by atoms with Crippen LogP contribution in [0, 0.1) is 0 Å². The molecular weight excluding hydrogens is 296 g/mol. The van der Waals surface area contributed by atoms with Crippen LogP contribution in [0.2, 0.25) is 0 Å². The average molecular weight is 308 g/mol. The van der Waals surface area contributed by atoms with Gasteiger partial charge < -0.3 is 10.1 Å². The normalized spacial score (nSPS) is 10.4. The second-order valence-corrected chi connectivity index (χ2v) is 3.78. The predicted molar refractivity (Wildman–Crippen MR) is 65.5 cm³/mol. The molecule has 0 radical (unpaired) electrons. The molecule has 1 aromatic heterocycles. The van der Waals surface area contributed by atoms with Gasteiger partial charge in [0.25, 0.3) is 6.43 Å². The minimum absolute atomic E-state index is 0.0492. The van der Waals surface area contributed by atoms with Gasteiger partial charge in [0.05, 0.1) is 13.2 Å². The Morgan fingerprint density at radius 3 is 2.75 bits per heavy atom. The number of rotatable bonds is 6. The lowest BCUT2D eigenvalue weighted by Crippen LogP contribution is -2.25. The van der Waals surface area contributed by atoms with Gasteiger partial charge in [-0.1, -0.05) is 0 Å². The Morgan fingerprint density at radius 2 is 2.20 bits per heavy atom. The quantitative estimate of drug-likeness (QED) is 0.635. The summed E-state index contributed by atoms with van der Waals surface area (Å²) in [5.74, 6) is -1.71. The topological polar surface area (TPSA) is 81.2 Å². The maximum atomic E-state index is 12.9. The third kappa shape index (κ3) is 4.37. The van der Waals surface area contributed by atoms with E-state index >= 15 is 0 Å². The number of hydrogen-bond donors (Lipinski definition) is 1. The lowest BCUT2D eigenvalue weighted by molar-refractivity contribution is -0.118. The molecule has 0 aliphatic heterocycles. The summed E-state index contributed by atoms with van der Waals surface area (Å²) in [7, 11) is 0. The van der Waals surface area contributed by atoms with Crippen LogP contribution in [0.15, 0.2) is 6.20 Å². The fraction of sp³-hybridized carbons (Fsp3) is 0.455. The number of halogens is 3. The van der Waals surface area contributed by atoms with Crippen molar-refractivity contribution in [3.8, 4) is 0 Å². The fourth-order valence-electron chi connectivity index (χ4n) is 1.28. The standard InChI is InChI=1S/C11H12ClF2N3O3/c1-2-20-11(19)6-4-15-7(5-16-8(18)3-12)17-9(6)10(13)14/h4,10H,2-3,5H2,1H3,(H,16,18). The van der Waals surface area contributed by atoms with Crippen molar-refractivity contribution >= 4 is 23.5 Å². The van der Waals surface area contributed by atoms with Crippen molar-refractivity contribution in [1.82, 2.24) is 15.3 Å². The molecule has 0 spiro atoms. The van der Waals surface area contributed by atoms with Crippen molar-refractivity contribution in [3.63, 3.8) is 0 Å². The second kappa shape index (κ2) is 7.68. The molecule has 1 amide bonds. The minimum atomic E-state index is -2.96. The van der Waals surface area contributed by atoms with Gasteiger partial charge in [0.1, 0.15) is 23.0 Å². The SMILES string of the molecule is CCOC(=O)c1cnc(CNC(=O)CCl)nc1C(F)F. The van der Waals surface area contributed by atoms with Crippen LogP contribution in [0.3, 0.4) is 0 Å². The summed E-state index contributed by atoms with van der Waals surface area (Å²) in [5.41, 5.74) is -1.12. The summed E-state index contributed by atoms with van der Waals surface area (Å²) in [6, 6.07) is 0. The molecule has 1 heterocycles. The Balaban J connectivity index is 2.95. The summed E-state index contributed by atoms with van der Waals surface area (Å²) >= 11 is 5.27. The summed E-state index contributed by atoms with van der Waals surface area (Å²) in [5, 5.41) is 2.33. The first-order valence-corrected chi connectivity index (χ1v) is 6.16. The second-order valence-electron chi connectivity index (χ2n) is 3.52. The number of amides is 1. The predicted octanol–water partition coefficient (Wildman–Crippen LogP) is 1.45.